The van der Waals surface area contributed by atoms with Crippen LogP contribution in [-0.4, -0.2) is 29.6 Å². The Bertz CT molecular complexity index is 1070. The molecule has 5 nitrogen and oxygen atoms in total. The second kappa shape index (κ2) is 6.02. The number of carbonyl (C=O) groups is 2. The second-order valence-electron chi connectivity index (χ2n) is 8.52. The van der Waals surface area contributed by atoms with Crippen LogP contribution in [0.5, 0.6) is 5.75 Å². The number of nitrogens with zero attached hydrogens (tertiary/aromatic N) is 2. The predicted molar refractivity (Wildman–Crippen MR) is 109 cm³/mol. The van der Waals surface area contributed by atoms with Crippen LogP contribution < -0.4 is 4.74 Å². The number of hydrogen-bond donors (Lipinski definition) is 0. The molecule has 4 aliphatic carbocycles. The summed E-state index contributed by atoms with van der Waals surface area (Å²) in [6, 6.07) is 11.9. The van der Waals surface area contributed by atoms with E-state index in [1.807, 2.05) is 43.3 Å². The molecule has 0 aromatic heterocycles. The van der Waals surface area contributed by atoms with Gasteiger partial charge in [0.25, 0.3) is 11.8 Å². The first-order valence-corrected chi connectivity index (χ1v) is 10.4. The van der Waals surface area contributed by atoms with E-state index in [-0.39, 0.29) is 35.5 Å². The molecule has 0 N–H and O–H groups in total. The average molecular weight is 386 g/mol. The molecule has 2 bridgehead atoms. The third-order valence-corrected chi connectivity index (χ3v) is 7.17. The predicted octanol–water partition coefficient (Wildman–Crippen LogP) is 3.63. The maximum atomic E-state index is 13.1. The van der Waals surface area contributed by atoms with E-state index in [9.17, 15) is 9.59 Å². The molecule has 1 heterocycles. The molecule has 5 heteroatoms. The highest BCUT2D eigenvalue weighted by molar-refractivity contribution is 6.08. The van der Waals surface area contributed by atoms with Crippen LogP contribution in [0.25, 0.3) is 10.8 Å². The highest BCUT2D eigenvalue weighted by Crippen LogP contribution is 2.65. The molecule has 2 amide bonds. The number of ether oxygens (including phenoxy) is 1. The minimum atomic E-state index is -0.225. The van der Waals surface area contributed by atoms with Crippen molar-refractivity contribution < 1.29 is 14.3 Å². The number of hydrogen-bond acceptors (Lipinski definition) is 4. The summed E-state index contributed by atoms with van der Waals surface area (Å²) in [5, 5.41) is 7.59. The van der Waals surface area contributed by atoms with Crippen LogP contribution in [0.4, 0.5) is 0 Å². The molecule has 1 aliphatic heterocycles. The minimum absolute atomic E-state index is 0.140. The van der Waals surface area contributed by atoms with Gasteiger partial charge in [0.05, 0.1) is 24.7 Å². The molecule has 146 valence electrons. The van der Waals surface area contributed by atoms with Crippen LogP contribution >= 0.6 is 0 Å². The van der Waals surface area contributed by atoms with E-state index in [1.165, 1.54) is 0 Å². The third-order valence-electron chi connectivity index (χ3n) is 7.17. The van der Waals surface area contributed by atoms with E-state index in [1.54, 1.807) is 6.21 Å². The van der Waals surface area contributed by atoms with E-state index in [4.69, 9.17) is 4.74 Å². The Morgan fingerprint density at radius 1 is 1.03 bits per heavy atom. The zero-order valence-corrected chi connectivity index (χ0v) is 16.2. The SMILES string of the molecule is CCOc1ccc2ccccc2c1/C=N\N1C(=O)[C@@H]2[C@H]3C=C[C@@H]([C@@H]4C[C@H]34)[C@H]2C1=O. The van der Waals surface area contributed by atoms with Crippen molar-refractivity contribution in [1.29, 1.82) is 0 Å². The van der Waals surface area contributed by atoms with Gasteiger partial charge in [0.15, 0.2) is 0 Å². The quantitative estimate of drug-likeness (QED) is 0.458. The largest absolute Gasteiger partial charge is 0.493 e. The Hall–Kier alpha value is -2.95. The molecule has 0 unspecified atom stereocenters. The van der Waals surface area contributed by atoms with Crippen LogP contribution in [0.1, 0.15) is 18.9 Å². The van der Waals surface area contributed by atoms with Crippen molar-refractivity contribution in [2.75, 3.05) is 6.61 Å². The molecule has 7 rings (SSSR count). The van der Waals surface area contributed by atoms with Crippen molar-refractivity contribution in [3.8, 4) is 5.75 Å². The lowest BCUT2D eigenvalue weighted by atomic mass is 9.63. The summed E-state index contributed by atoms with van der Waals surface area (Å²) in [5.74, 6) is 1.58. The Labute approximate surface area is 169 Å². The molecule has 2 aromatic rings. The average Bonchev–Trinajstić information content (AvgIpc) is 3.53. The van der Waals surface area contributed by atoms with Gasteiger partial charge in [0, 0.05) is 5.56 Å². The molecule has 0 radical (unpaired) electrons. The lowest BCUT2D eigenvalue weighted by molar-refractivity contribution is -0.140. The van der Waals surface area contributed by atoms with Gasteiger partial charge in [0.2, 0.25) is 0 Å². The lowest BCUT2D eigenvalue weighted by Gasteiger charge is -2.37. The van der Waals surface area contributed by atoms with E-state index in [2.05, 4.69) is 17.3 Å². The van der Waals surface area contributed by atoms with Gasteiger partial charge in [-0.3, -0.25) is 9.59 Å². The fourth-order valence-electron chi connectivity index (χ4n) is 5.86. The van der Waals surface area contributed by atoms with Gasteiger partial charge in [0.1, 0.15) is 5.75 Å². The zero-order chi connectivity index (χ0) is 19.7. The molecule has 5 aliphatic rings. The molecule has 1 saturated heterocycles. The molecule has 29 heavy (non-hydrogen) atoms. The van der Waals surface area contributed by atoms with E-state index >= 15 is 0 Å². The summed E-state index contributed by atoms with van der Waals surface area (Å²) in [6.45, 7) is 2.46. The smallest absolute Gasteiger partial charge is 0.254 e. The molecule has 2 saturated carbocycles. The fraction of sp³-hybridized carbons (Fsp3) is 0.375. The molecule has 6 atom stereocenters. The first-order chi connectivity index (χ1) is 14.2. The van der Waals surface area contributed by atoms with Gasteiger partial charge in [-0.25, -0.2) is 0 Å². The highest BCUT2D eigenvalue weighted by atomic mass is 16.5. The summed E-state index contributed by atoms with van der Waals surface area (Å²) >= 11 is 0. The first-order valence-electron chi connectivity index (χ1n) is 10.4. The van der Waals surface area contributed by atoms with Crippen LogP contribution in [0.2, 0.25) is 0 Å². The van der Waals surface area contributed by atoms with Crippen LogP contribution in [0, 0.1) is 35.5 Å². The number of allylic oxidation sites excluding steroid dienone is 2. The zero-order valence-electron chi connectivity index (χ0n) is 16.2. The fourth-order valence-corrected chi connectivity index (χ4v) is 5.86. The normalized spacial score (nSPS) is 34.2. The Balaban J connectivity index is 1.38. The van der Waals surface area contributed by atoms with Crippen LogP contribution in [0.15, 0.2) is 53.7 Å². The van der Waals surface area contributed by atoms with Crippen molar-refractivity contribution in [3.63, 3.8) is 0 Å². The van der Waals surface area contributed by atoms with E-state index in [0.717, 1.165) is 27.8 Å². The number of fused-ring (bicyclic) bond motifs is 1. The van der Waals surface area contributed by atoms with Gasteiger partial charge in [-0.05, 0) is 53.9 Å². The standard InChI is InChI=1S/C24H22N2O3/c1-2-29-20-10-7-13-5-3-4-6-14(13)19(20)12-25-26-23(27)21-15-8-9-16(18-11-17(15)18)22(21)24(26)28/h3-10,12,15-18,21-22H,2,11H2,1H3/b25-12-/t15-,16-,17-,18+,21+,22+/m0/s1. The van der Waals surface area contributed by atoms with Crippen molar-refractivity contribution in [2.24, 2.45) is 40.6 Å². The van der Waals surface area contributed by atoms with Crippen molar-refractivity contribution >= 4 is 28.8 Å². The highest BCUT2D eigenvalue weighted by Gasteiger charge is 2.67. The number of rotatable bonds is 4. The summed E-state index contributed by atoms with van der Waals surface area (Å²) < 4.78 is 5.78. The molecular formula is C24H22N2O3. The minimum Gasteiger partial charge on any atom is -0.493 e. The monoisotopic (exact) mass is 386 g/mol. The van der Waals surface area contributed by atoms with Gasteiger partial charge >= 0.3 is 0 Å². The second-order valence-corrected chi connectivity index (χ2v) is 8.52. The number of benzene rings is 2. The van der Waals surface area contributed by atoms with Crippen molar-refractivity contribution in [2.45, 2.75) is 13.3 Å². The maximum Gasteiger partial charge on any atom is 0.254 e. The maximum absolute atomic E-state index is 13.1. The van der Waals surface area contributed by atoms with Crippen LogP contribution in [0.3, 0.4) is 0 Å². The first kappa shape index (κ1) is 17.0. The summed E-state index contributed by atoms with van der Waals surface area (Å²) in [4.78, 5) is 26.3. The Morgan fingerprint density at radius 3 is 2.41 bits per heavy atom. The van der Waals surface area contributed by atoms with Crippen molar-refractivity contribution in [1.82, 2.24) is 5.01 Å². The molecule has 2 aromatic carbocycles. The number of carbonyl (C=O) groups excluding carboxylic acids is 2. The summed E-state index contributed by atoms with van der Waals surface area (Å²) in [5.41, 5.74) is 0.796. The summed E-state index contributed by atoms with van der Waals surface area (Å²) in [6.07, 6.45) is 7.13. The topological polar surface area (TPSA) is 59.0 Å². The van der Waals surface area contributed by atoms with Crippen LogP contribution in [-0.2, 0) is 9.59 Å². The summed E-state index contributed by atoms with van der Waals surface area (Å²) in [7, 11) is 0. The van der Waals surface area contributed by atoms with E-state index in [0.29, 0.717) is 24.2 Å². The molecular weight excluding hydrogens is 364 g/mol. The Morgan fingerprint density at radius 2 is 1.72 bits per heavy atom. The molecule has 0 spiro atoms. The van der Waals surface area contributed by atoms with Gasteiger partial charge in [-0.1, -0.05) is 42.5 Å². The lowest BCUT2D eigenvalue weighted by Crippen LogP contribution is -2.40. The number of imide groups is 1. The van der Waals surface area contributed by atoms with Gasteiger partial charge in [-0.2, -0.15) is 10.1 Å². The number of amides is 2. The van der Waals surface area contributed by atoms with Gasteiger partial charge < -0.3 is 4.74 Å². The molecule has 3 fully saturated rings. The van der Waals surface area contributed by atoms with E-state index < -0.39 is 0 Å². The number of hydrazone groups is 1. The van der Waals surface area contributed by atoms with Crippen molar-refractivity contribution in [3.05, 3.63) is 54.1 Å². The van der Waals surface area contributed by atoms with Gasteiger partial charge in [-0.15, -0.1) is 0 Å². The third kappa shape index (κ3) is 2.30. The Kier molecular flexibility index (Phi) is 3.52.